The number of non-ortho nitro benzene ring substituents is 1. The van der Waals surface area contributed by atoms with Crippen LogP contribution in [0.3, 0.4) is 0 Å². The van der Waals surface area contributed by atoms with Crippen molar-refractivity contribution in [1.82, 2.24) is 4.98 Å². The van der Waals surface area contributed by atoms with Crippen LogP contribution in [-0.2, 0) is 0 Å². The van der Waals surface area contributed by atoms with Crippen LogP contribution in [0.2, 0.25) is 0 Å². The first-order valence-electron chi connectivity index (χ1n) is 5.46. The standard InChI is InChI=1S/C12H11N3O4/c1-6-9(13-2)7-4-3-5-8(15(18)19)11(7)14-10(6)12(16)17/h3-5H,1-2H3,(H,13,14)(H,16,17). The fourth-order valence-electron chi connectivity index (χ4n) is 2.04. The average Bonchev–Trinajstić information content (AvgIpc) is 2.36. The largest absolute Gasteiger partial charge is 0.477 e. The molecule has 0 aliphatic carbocycles. The number of para-hydroxylation sites is 1. The molecule has 0 aliphatic heterocycles. The summed E-state index contributed by atoms with van der Waals surface area (Å²) in [4.78, 5) is 25.5. The molecule has 0 saturated heterocycles. The van der Waals surface area contributed by atoms with Gasteiger partial charge in [-0.15, -0.1) is 0 Å². The highest BCUT2D eigenvalue weighted by atomic mass is 16.6. The molecule has 1 aromatic heterocycles. The minimum absolute atomic E-state index is 0.0693. The Labute approximate surface area is 108 Å². The first kappa shape index (κ1) is 12.7. The molecule has 19 heavy (non-hydrogen) atoms. The lowest BCUT2D eigenvalue weighted by Gasteiger charge is -2.11. The molecule has 1 aromatic carbocycles. The van der Waals surface area contributed by atoms with E-state index in [9.17, 15) is 14.9 Å². The van der Waals surface area contributed by atoms with E-state index in [4.69, 9.17) is 5.11 Å². The molecule has 98 valence electrons. The van der Waals surface area contributed by atoms with Crippen molar-refractivity contribution >= 4 is 28.2 Å². The number of hydrogen-bond acceptors (Lipinski definition) is 5. The predicted octanol–water partition coefficient (Wildman–Crippen LogP) is 2.19. The average molecular weight is 261 g/mol. The second-order valence-electron chi connectivity index (χ2n) is 3.95. The van der Waals surface area contributed by atoms with Crippen LogP contribution in [-0.4, -0.2) is 28.0 Å². The summed E-state index contributed by atoms with van der Waals surface area (Å²) < 4.78 is 0. The lowest BCUT2D eigenvalue weighted by Crippen LogP contribution is -2.08. The number of carboxylic acid groups (broad SMARTS) is 1. The fourth-order valence-corrected chi connectivity index (χ4v) is 2.04. The maximum atomic E-state index is 11.2. The summed E-state index contributed by atoms with van der Waals surface area (Å²) in [6.07, 6.45) is 0. The minimum atomic E-state index is -1.21. The van der Waals surface area contributed by atoms with Crippen LogP contribution < -0.4 is 5.32 Å². The van der Waals surface area contributed by atoms with Gasteiger partial charge in [0.25, 0.3) is 5.69 Å². The molecule has 0 bridgehead atoms. The summed E-state index contributed by atoms with van der Waals surface area (Å²) in [6, 6.07) is 4.51. The number of rotatable bonds is 3. The van der Waals surface area contributed by atoms with E-state index in [1.165, 1.54) is 6.07 Å². The van der Waals surface area contributed by atoms with Crippen LogP contribution in [0.15, 0.2) is 18.2 Å². The molecule has 1 heterocycles. The number of aromatic carboxylic acids is 1. The quantitative estimate of drug-likeness (QED) is 0.648. The van der Waals surface area contributed by atoms with E-state index in [2.05, 4.69) is 10.3 Å². The molecule has 7 nitrogen and oxygen atoms in total. The highest BCUT2D eigenvalue weighted by Crippen LogP contribution is 2.32. The Morgan fingerprint density at radius 1 is 1.47 bits per heavy atom. The molecule has 0 spiro atoms. The fraction of sp³-hybridized carbons (Fsp3) is 0.167. The van der Waals surface area contributed by atoms with Crippen molar-refractivity contribution in [1.29, 1.82) is 0 Å². The molecule has 0 fully saturated rings. The van der Waals surface area contributed by atoms with Crippen molar-refractivity contribution in [2.45, 2.75) is 6.92 Å². The smallest absolute Gasteiger partial charge is 0.354 e. The van der Waals surface area contributed by atoms with E-state index < -0.39 is 10.9 Å². The van der Waals surface area contributed by atoms with Crippen LogP contribution >= 0.6 is 0 Å². The Morgan fingerprint density at radius 3 is 2.68 bits per heavy atom. The summed E-state index contributed by atoms with van der Waals surface area (Å²) in [6.45, 7) is 1.61. The third kappa shape index (κ3) is 1.95. The van der Waals surface area contributed by atoms with E-state index in [0.717, 1.165) is 0 Å². The molecule has 2 N–H and O–H groups in total. The van der Waals surface area contributed by atoms with E-state index >= 15 is 0 Å². The summed E-state index contributed by atoms with van der Waals surface area (Å²) in [5.41, 5.74) is 0.650. The second-order valence-corrected chi connectivity index (χ2v) is 3.95. The molecule has 2 aromatic rings. The Kier molecular flexibility index (Phi) is 3.04. The van der Waals surface area contributed by atoms with Gasteiger partial charge in [0.1, 0.15) is 0 Å². The monoisotopic (exact) mass is 261 g/mol. The number of hydrogen-bond donors (Lipinski definition) is 2. The van der Waals surface area contributed by atoms with Gasteiger partial charge < -0.3 is 10.4 Å². The van der Waals surface area contributed by atoms with Crippen molar-refractivity contribution in [2.75, 3.05) is 12.4 Å². The maximum Gasteiger partial charge on any atom is 0.354 e. The Balaban J connectivity index is 2.97. The van der Waals surface area contributed by atoms with Crippen LogP contribution in [0.25, 0.3) is 10.9 Å². The zero-order valence-electron chi connectivity index (χ0n) is 10.3. The number of nitrogens with zero attached hydrogens (tertiary/aromatic N) is 2. The van der Waals surface area contributed by atoms with Crippen molar-refractivity contribution < 1.29 is 14.8 Å². The minimum Gasteiger partial charge on any atom is -0.477 e. The Morgan fingerprint density at radius 2 is 2.16 bits per heavy atom. The zero-order chi connectivity index (χ0) is 14.2. The van der Waals surface area contributed by atoms with Crippen LogP contribution in [0.4, 0.5) is 11.4 Å². The highest BCUT2D eigenvalue weighted by molar-refractivity contribution is 6.02. The first-order valence-corrected chi connectivity index (χ1v) is 5.46. The highest BCUT2D eigenvalue weighted by Gasteiger charge is 2.21. The van der Waals surface area contributed by atoms with Crippen LogP contribution in [0, 0.1) is 17.0 Å². The number of aromatic nitrogens is 1. The van der Waals surface area contributed by atoms with E-state index in [1.54, 1.807) is 26.1 Å². The summed E-state index contributed by atoms with van der Waals surface area (Å²) in [5, 5.41) is 23.5. The van der Waals surface area contributed by atoms with Gasteiger partial charge in [0.05, 0.1) is 4.92 Å². The van der Waals surface area contributed by atoms with E-state index in [-0.39, 0.29) is 16.9 Å². The molecular weight excluding hydrogens is 250 g/mol. The molecule has 0 atom stereocenters. The van der Waals surface area contributed by atoms with Crippen molar-refractivity contribution in [2.24, 2.45) is 0 Å². The van der Waals surface area contributed by atoms with Gasteiger partial charge in [-0.25, -0.2) is 9.78 Å². The van der Waals surface area contributed by atoms with Crippen LogP contribution in [0.5, 0.6) is 0 Å². The number of nitrogens with one attached hydrogen (secondary N) is 1. The van der Waals surface area contributed by atoms with Gasteiger partial charge in [0, 0.05) is 29.8 Å². The summed E-state index contributed by atoms with van der Waals surface area (Å²) >= 11 is 0. The Hall–Kier alpha value is -2.70. The molecule has 7 heteroatoms. The number of nitro groups is 1. The van der Waals surface area contributed by atoms with Gasteiger partial charge in [-0.1, -0.05) is 12.1 Å². The number of nitro benzene ring substituents is 1. The van der Waals surface area contributed by atoms with Gasteiger partial charge in [-0.05, 0) is 6.92 Å². The number of pyridine rings is 1. The number of carboxylic acids is 1. The molecule has 0 saturated carbocycles. The number of fused-ring (bicyclic) bond motifs is 1. The molecular formula is C12H11N3O4. The van der Waals surface area contributed by atoms with E-state index in [0.29, 0.717) is 16.6 Å². The predicted molar refractivity (Wildman–Crippen MR) is 69.6 cm³/mol. The molecule has 2 rings (SSSR count). The van der Waals surface area contributed by atoms with Crippen LogP contribution in [0.1, 0.15) is 16.1 Å². The second kappa shape index (κ2) is 4.52. The van der Waals surface area contributed by atoms with Crippen molar-refractivity contribution in [3.8, 4) is 0 Å². The number of carbonyl (C=O) groups is 1. The zero-order valence-corrected chi connectivity index (χ0v) is 10.3. The topological polar surface area (TPSA) is 105 Å². The van der Waals surface area contributed by atoms with Crippen molar-refractivity contribution in [3.05, 3.63) is 39.6 Å². The van der Waals surface area contributed by atoms with Gasteiger partial charge in [-0.2, -0.15) is 0 Å². The number of anilines is 1. The molecule has 0 unspecified atom stereocenters. The summed E-state index contributed by atoms with van der Waals surface area (Å²) in [5.74, 6) is -1.21. The number of benzene rings is 1. The lowest BCUT2D eigenvalue weighted by molar-refractivity contribution is -0.383. The molecule has 0 amide bonds. The van der Waals surface area contributed by atoms with Gasteiger partial charge >= 0.3 is 5.97 Å². The maximum absolute atomic E-state index is 11.2. The third-order valence-corrected chi connectivity index (χ3v) is 2.89. The van der Waals surface area contributed by atoms with E-state index in [1.807, 2.05) is 0 Å². The van der Waals surface area contributed by atoms with Gasteiger partial charge in [0.2, 0.25) is 0 Å². The van der Waals surface area contributed by atoms with Crippen molar-refractivity contribution in [3.63, 3.8) is 0 Å². The third-order valence-electron chi connectivity index (χ3n) is 2.89. The molecule has 0 radical (unpaired) electrons. The summed E-state index contributed by atoms with van der Waals surface area (Å²) in [7, 11) is 1.63. The lowest BCUT2D eigenvalue weighted by atomic mass is 10.1. The Bertz CT molecular complexity index is 697. The normalized spacial score (nSPS) is 10.4. The molecule has 0 aliphatic rings. The van der Waals surface area contributed by atoms with Gasteiger partial charge in [-0.3, -0.25) is 10.1 Å². The van der Waals surface area contributed by atoms with Gasteiger partial charge in [0.15, 0.2) is 11.2 Å². The first-order chi connectivity index (χ1) is 8.97. The SMILES string of the molecule is CNc1c(C)c(C(=O)O)nc2c([N+](=O)[O-])cccc12.